The van der Waals surface area contributed by atoms with E-state index in [1.807, 2.05) is 0 Å². The zero-order valence-electron chi connectivity index (χ0n) is 35.1. The van der Waals surface area contributed by atoms with Gasteiger partial charge in [0.1, 0.15) is 0 Å². The van der Waals surface area contributed by atoms with Gasteiger partial charge in [-0.15, -0.1) is 0 Å². The van der Waals surface area contributed by atoms with E-state index in [9.17, 15) is 86.4 Å². The molecular weight excluding hydrogens is 1220 g/mol. The minimum atomic E-state index is -6.46. The van der Waals surface area contributed by atoms with Gasteiger partial charge in [-0.2, -0.15) is 86.4 Å². The molecule has 74 heavy (non-hydrogen) atoms. The fourth-order valence-electron chi connectivity index (χ4n) is 5.37. The molecule has 0 saturated carbocycles. The lowest BCUT2D eigenvalue weighted by atomic mass is 10.3. The maximum atomic E-state index is 13.6. The van der Waals surface area contributed by atoms with Crippen LogP contribution in [0.25, 0.3) is 0 Å². The second kappa shape index (κ2) is 21.2. The van der Waals surface area contributed by atoms with Crippen LogP contribution < -0.4 is 16.7 Å². The summed E-state index contributed by atoms with van der Waals surface area (Å²) in [5, 5.41) is 0. The second-order valence-electron chi connectivity index (χ2n) is 13.9. The van der Waals surface area contributed by atoms with E-state index in [1.54, 1.807) is 0 Å². The van der Waals surface area contributed by atoms with Gasteiger partial charge in [0.05, 0.1) is 19.6 Å². The van der Waals surface area contributed by atoms with E-state index in [1.165, 1.54) is 97.1 Å². The van der Waals surface area contributed by atoms with Gasteiger partial charge in [-0.1, -0.05) is 70.6 Å². The van der Waals surface area contributed by atoms with Crippen molar-refractivity contribution in [3.63, 3.8) is 0 Å². The summed E-state index contributed by atoms with van der Waals surface area (Å²) in [6.07, 6.45) is 0. The summed E-state index contributed by atoms with van der Waals surface area (Å²) in [7, 11) is -25.8. The number of hydrogen-bond donors (Lipinski definition) is 0. The molecule has 0 N–H and O–H groups in total. The van der Waals surface area contributed by atoms with Crippen LogP contribution >= 0.6 is 70.6 Å². The highest BCUT2D eigenvalue weighted by Crippen LogP contribution is 2.50. The largest absolute Gasteiger partial charge is 0.534 e. The molecule has 6 aromatic carbocycles. The molecule has 396 valence electrons. The van der Waals surface area contributed by atoms with Crippen molar-refractivity contribution >= 4 is 111 Å². The highest BCUT2D eigenvalue weighted by molar-refractivity contribution is 8.01. The molecule has 0 radical (unpaired) electrons. The van der Waals surface area contributed by atoms with Gasteiger partial charge in [0, 0.05) is 63.4 Å². The van der Waals surface area contributed by atoms with Gasteiger partial charge in [0.2, 0.25) is 0 Å². The molecule has 16 aliphatic heterocycles. The molecule has 16 heterocycles. The minimum Gasteiger partial charge on any atom is -0.375 e. The highest BCUT2D eigenvalue weighted by Gasteiger charge is 2.52. The quantitative estimate of drug-likeness (QED) is 0.0798. The maximum absolute atomic E-state index is 13.6. The summed E-state index contributed by atoms with van der Waals surface area (Å²) in [4.78, 5) is -0.858. The predicted octanol–water partition coefficient (Wildman–Crippen LogP) is 13.8. The van der Waals surface area contributed by atoms with Crippen LogP contribution in [-0.4, -0.2) is 55.7 Å². The van der Waals surface area contributed by atoms with Crippen molar-refractivity contribution in [3.8, 4) is 23.0 Å². The van der Waals surface area contributed by atoms with E-state index >= 15 is 0 Å². The normalized spacial score (nSPS) is 14.3. The molecule has 0 fully saturated rings. The number of alkyl halides is 12. The van der Waals surface area contributed by atoms with Crippen LogP contribution in [0.1, 0.15) is 0 Å². The molecule has 6 aromatic rings. The molecule has 0 saturated heterocycles. The second-order valence-corrected chi connectivity index (χ2v) is 26.8. The monoisotopic (exact) mass is 1240 g/mol. The summed E-state index contributed by atoms with van der Waals surface area (Å²) >= 11 is 3.68. The van der Waals surface area contributed by atoms with E-state index < -0.39 is 105 Å². The molecule has 12 bridgehead atoms. The third-order valence-corrected chi connectivity index (χ3v) is 18.7. The molecule has 12 nitrogen and oxygen atoms in total. The summed E-state index contributed by atoms with van der Waals surface area (Å²) < 4.78 is 280. The first-order valence-corrected chi connectivity index (χ1v) is 29.5. The molecule has 0 unspecified atom stereocenters. The van der Waals surface area contributed by atoms with E-state index in [4.69, 9.17) is 0 Å². The van der Waals surface area contributed by atoms with Crippen molar-refractivity contribution in [2.24, 2.45) is 0 Å². The molecule has 0 aromatic heterocycles. The van der Waals surface area contributed by atoms with E-state index in [-0.39, 0.29) is 19.6 Å². The number of rotatable bonds is 8. The lowest BCUT2D eigenvalue weighted by Crippen LogP contribution is -2.29. The number of benzene rings is 6. The Hall–Kier alpha value is -4.42. The first-order valence-electron chi connectivity index (χ1n) is 18.9. The predicted molar refractivity (Wildman–Crippen MR) is 246 cm³/mol. The van der Waals surface area contributed by atoms with Crippen LogP contribution in [0.4, 0.5) is 52.7 Å². The fraction of sp³-hybridized carbons (Fsp3) is 0.100. The summed E-state index contributed by atoms with van der Waals surface area (Å²) in [5.74, 6) is -4.38. The average molecular weight is 1240 g/mol. The first kappa shape index (κ1) is 57.3. The van der Waals surface area contributed by atoms with Crippen molar-refractivity contribution in [1.82, 2.24) is 0 Å². The van der Waals surface area contributed by atoms with Crippen LogP contribution in [0.3, 0.4) is 0 Å². The van der Waals surface area contributed by atoms with Gasteiger partial charge in [-0.05, 0) is 97.1 Å². The first-order chi connectivity index (χ1) is 34.1. The Morgan fingerprint density at radius 2 is 0.392 bits per heavy atom. The van der Waals surface area contributed by atoms with Gasteiger partial charge in [-0.3, -0.25) is 0 Å². The van der Waals surface area contributed by atoms with E-state index in [2.05, 4.69) is 16.7 Å². The van der Waals surface area contributed by atoms with Crippen molar-refractivity contribution in [2.75, 3.05) is 0 Å². The molecule has 16 aliphatic rings. The van der Waals surface area contributed by atoms with Crippen LogP contribution in [-0.2, 0) is 40.5 Å². The van der Waals surface area contributed by atoms with Gasteiger partial charge >= 0.3 is 62.5 Å². The molecule has 22 rings (SSSR count). The van der Waals surface area contributed by atoms with Crippen molar-refractivity contribution in [1.29, 1.82) is 0 Å². The molecule has 0 atom stereocenters. The molecular formula is C40H20F12O12S10. The van der Waals surface area contributed by atoms with Crippen LogP contribution in [0.5, 0.6) is 23.0 Å². The Balaban J connectivity index is 1.35. The van der Waals surface area contributed by atoms with Crippen molar-refractivity contribution < 1.29 is 103 Å². The van der Waals surface area contributed by atoms with Gasteiger partial charge in [0.15, 0.2) is 23.0 Å². The Kier molecular flexibility index (Phi) is 16.4. The van der Waals surface area contributed by atoms with Crippen LogP contribution in [0.15, 0.2) is 180 Å². The van der Waals surface area contributed by atoms with Gasteiger partial charge < -0.3 is 16.7 Å². The maximum Gasteiger partial charge on any atom is 0.534 e. The fourth-order valence-corrected chi connectivity index (χ4v) is 12.7. The van der Waals surface area contributed by atoms with Crippen molar-refractivity contribution in [3.05, 3.63) is 121 Å². The van der Waals surface area contributed by atoms with Gasteiger partial charge in [0.25, 0.3) is 0 Å². The van der Waals surface area contributed by atoms with Gasteiger partial charge in [-0.25, -0.2) is 0 Å². The molecule has 0 aliphatic carbocycles. The highest BCUT2D eigenvalue weighted by atomic mass is 32.2. The molecule has 0 spiro atoms. The van der Waals surface area contributed by atoms with Crippen molar-refractivity contribution in [2.45, 2.75) is 80.8 Å². The Bertz CT molecular complexity index is 3070. The Morgan fingerprint density at radius 1 is 0.257 bits per heavy atom. The average Bonchev–Trinajstić information content (AvgIpc) is 3.27. The van der Waals surface area contributed by atoms with Crippen LogP contribution in [0.2, 0.25) is 0 Å². The van der Waals surface area contributed by atoms with E-state index in [0.29, 0.717) is 90.9 Å². The number of halogens is 12. The SMILES string of the molecule is O=S(=O)(Oc1cc2c(OS(=O)(=O)C(F)(F)F)cc1Sc1ccc(cc1)Sc1ccc(cc1)Sc1cc(OS(=O)(=O)C(F)(F)F)c(cc1OS(=O)(=O)C(F)(F)F)Sc1ccc(cc1)Sc1ccc(cc1)S2)C(F)(F)F. The topological polar surface area (TPSA) is 173 Å². The lowest BCUT2D eigenvalue weighted by molar-refractivity contribution is -0.0507. The standard InChI is InChI=1S/C40H20F12O12S10/c41-37(42,43)71(53,54)61-29-18-34-30(62-72(55,56)38(44,45)46)17-33(29)67-25-9-1-21(2-10-25)65-22-3-11-26(12-4-22)68-35-19-32(64-74(59,60)40(50,51)52)36(20-31(35)63-73(57,58)39(47,48)49)70-28-15-7-24(8-16-28)66-23-5-13-27(69-34)14-6-23/h1-20H. The minimum absolute atomic E-state index is 0.0594. The zero-order valence-corrected chi connectivity index (χ0v) is 43.2. The Labute approximate surface area is 436 Å². The summed E-state index contributed by atoms with van der Waals surface area (Å²) in [6, 6.07) is 23.8. The zero-order chi connectivity index (χ0) is 54.5. The molecule has 34 heteroatoms. The van der Waals surface area contributed by atoms with Crippen LogP contribution in [0, 0.1) is 0 Å². The number of hydrogen-bond acceptors (Lipinski definition) is 18. The molecule has 0 amide bonds. The van der Waals surface area contributed by atoms with E-state index in [0.717, 1.165) is 23.5 Å². The third-order valence-electron chi connectivity index (χ3n) is 8.63. The summed E-state index contributed by atoms with van der Waals surface area (Å²) in [5.41, 5.74) is -24.1. The summed E-state index contributed by atoms with van der Waals surface area (Å²) in [6.45, 7) is 0. The smallest absolute Gasteiger partial charge is 0.375 e. The lowest BCUT2D eigenvalue weighted by Gasteiger charge is -2.18. The third kappa shape index (κ3) is 13.8. The Morgan fingerprint density at radius 3 is 0.527 bits per heavy atom.